The summed E-state index contributed by atoms with van der Waals surface area (Å²) in [6.45, 7) is 5.14. The fraction of sp³-hybridized carbons (Fsp3) is 0.500. The van der Waals surface area contributed by atoms with Crippen LogP contribution in [0.25, 0.3) is 11.0 Å². The Morgan fingerprint density at radius 2 is 2.03 bits per heavy atom. The van der Waals surface area contributed by atoms with Crippen molar-refractivity contribution in [3.05, 3.63) is 60.2 Å². The third-order valence-electron chi connectivity index (χ3n) is 7.70. The Labute approximate surface area is 190 Å². The molecule has 3 heterocycles. The Bertz CT molecular complexity index is 1080. The van der Waals surface area contributed by atoms with Crippen molar-refractivity contribution in [3.8, 4) is 0 Å². The van der Waals surface area contributed by atoms with Crippen LogP contribution in [0.4, 0.5) is 0 Å². The maximum atomic E-state index is 12.8. The van der Waals surface area contributed by atoms with Crippen molar-refractivity contribution in [2.75, 3.05) is 19.6 Å². The number of piperidine rings is 1. The summed E-state index contributed by atoms with van der Waals surface area (Å²) in [5, 5.41) is 3.19. The molecule has 6 heteroatoms. The zero-order valence-corrected chi connectivity index (χ0v) is 19.1. The van der Waals surface area contributed by atoms with Crippen LogP contribution < -0.4 is 5.32 Å². The van der Waals surface area contributed by atoms with Crippen molar-refractivity contribution in [1.29, 1.82) is 0 Å². The van der Waals surface area contributed by atoms with Gasteiger partial charge in [0.25, 0.3) is 0 Å². The Hall–Kier alpha value is -2.73. The van der Waals surface area contributed by atoms with Crippen molar-refractivity contribution in [3.63, 3.8) is 0 Å². The van der Waals surface area contributed by atoms with E-state index in [1.807, 2.05) is 43.7 Å². The maximum absolute atomic E-state index is 12.8. The van der Waals surface area contributed by atoms with Crippen molar-refractivity contribution in [2.45, 2.75) is 45.1 Å². The van der Waals surface area contributed by atoms with E-state index in [1.165, 1.54) is 5.56 Å². The Balaban J connectivity index is 1.08. The molecule has 2 aromatic heterocycles. The van der Waals surface area contributed by atoms with Gasteiger partial charge in [-0.3, -0.25) is 9.78 Å². The summed E-state index contributed by atoms with van der Waals surface area (Å²) >= 11 is 0. The SMILES string of the molecule is C[C@H](Cc1cccnc1)N1CCC2(CC1)C[C@@H]2C(=O)NCCc1nc2ccccc2n1C. The van der Waals surface area contributed by atoms with E-state index >= 15 is 0 Å². The van der Waals surface area contributed by atoms with E-state index in [0.29, 0.717) is 12.6 Å². The molecule has 2 fully saturated rings. The molecule has 1 aliphatic carbocycles. The second-order valence-corrected chi connectivity index (χ2v) is 9.69. The molecule has 32 heavy (non-hydrogen) atoms. The molecule has 2 atom stereocenters. The van der Waals surface area contributed by atoms with Crippen LogP contribution in [0.5, 0.6) is 0 Å². The molecular weight excluding hydrogens is 398 g/mol. The van der Waals surface area contributed by atoms with Gasteiger partial charge in [0.2, 0.25) is 5.91 Å². The van der Waals surface area contributed by atoms with Gasteiger partial charge in [0.1, 0.15) is 5.82 Å². The second kappa shape index (κ2) is 8.66. The third kappa shape index (κ3) is 4.16. The van der Waals surface area contributed by atoms with E-state index in [0.717, 1.165) is 62.1 Å². The van der Waals surface area contributed by atoms with Gasteiger partial charge in [-0.15, -0.1) is 0 Å². The molecule has 1 aromatic carbocycles. The Kier molecular flexibility index (Phi) is 5.72. The van der Waals surface area contributed by atoms with Crippen molar-refractivity contribution in [1.82, 2.24) is 24.8 Å². The number of hydrogen-bond acceptors (Lipinski definition) is 4. The molecular formula is C26H33N5O. The first-order chi connectivity index (χ1) is 15.6. The van der Waals surface area contributed by atoms with Gasteiger partial charge in [0.15, 0.2) is 0 Å². The molecule has 1 spiro atoms. The van der Waals surface area contributed by atoms with E-state index in [9.17, 15) is 4.79 Å². The standard InChI is InChI=1S/C26H33N5O/c1-19(16-20-6-5-12-27-18-20)31-14-10-26(11-15-31)17-21(26)25(32)28-13-9-24-29-22-7-3-4-8-23(22)30(24)2/h3-8,12,18-19,21H,9-11,13-17H2,1-2H3,(H,28,32)/t19-,21-/m1/s1. The van der Waals surface area contributed by atoms with Crippen LogP contribution >= 0.6 is 0 Å². The number of benzene rings is 1. The predicted molar refractivity (Wildman–Crippen MR) is 126 cm³/mol. The van der Waals surface area contributed by atoms with Crippen LogP contribution in [0.1, 0.15) is 37.6 Å². The first-order valence-electron chi connectivity index (χ1n) is 11.9. The monoisotopic (exact) mass is 431 g/mol. The number of hydrogen-bond donors (Lipinski definition) is 1. The fourth-order valence-electron chi connectivity index (χ4n) is 5.51. The lowest BCUT2D eigenvalue weighted by atomic mass is 9.89. The lowest BCUT2D eigenvalue weighted by Gasteiger charge is -2.37. The molecule has 1 aliphatic heterocycles. The van der Waals surface area contributed by atoms with Gasteiger partial charge in [-0.25, -0.2) is 4.98 Å². The quantitative estimate of drug-likeness (QED) is 0.623. The zero-order valence-electron chi connectivity index (χ0n) is 19.1. The predicted octanol–water partition coefficient (Wildman–Crippen LogP) is 3.36. The van der Waals surface area contributed by atoms with Gasteiger partial charge in [0.05, 0.1) is 11.0 Å². The first kappa shape index (κ1) is 21.1. The van der Waals surface area contributed by atoms with E-state index in [1.54, 1.807) is 0 Å². The van der Waals surface area contributed by atoms with Gasteiger partial charge < -0.3 is 14.8 Å². The smallest absolute Gasteiger partial charge is 0.223 e. The second-order valence-electron chi connectivity index (χ2n) is 9.69. The van der Waals surface area contributed by atoms with E-state index in [2.05, 4.69) is 38.8 Å². The lowest BCUT2D eigenvalue weighted by molar-refractivity contribution is -0.123. The molecule has 1 amide bonds. The van der Waals surface area contributed by atoms with E-state index in [4.69, 9.17) is 4.98 Å². The number of aryl methyl sites for hydroxylation is 1. The average Bonchev–Trinajstić information content (AvgIpc) is 3.42. The number of likely N-dealkylation sites (tertiary alicyclic amines) is 1. The molecule has 6 nitrogen and oxygen atoms in total. The van der Waals surface area contributed by atoms with Crippen molar-refractivity contribution < 1.29 is 4.79 Å². The average molecular weight is 432 g/mol. The summed E-state index contributed by atoms with van der Waals surface area (Å²) in [5.41, 5.74) is 3.69. The highest BCUT2D eigenvalue weighted by atomic mass is 16.2. The number of rotatable bonds is 7. The molecule has 168 valence electrons. The third-order valence-corrected chi connectivity index (χ3v) is 7.70. The van der Waals surface area contributed by atoms with Crippen LogP contribution in [-0.2, 0) is 24.7 Å². The number of fused-ring (bicyclic) bond motifs is 1. The molecule has 2 aliphatic rings. The topological polar surface area (TPSA) is 63.1 Å². The fourth-order valence-corrected chi connectivity index (χ4v) is 5.51. The summed E-state index contributed by atoms with van der Waals surface area (Å²) in [7, 11) is 2.05. The van der Waals surface area contributed by atoms with Gasteiger partial charge in [-0.05, 0) is 74.9 Å². The molecule has 1 saturated heterocycles. The van der Waals surface area contributed by atoms with Crippen molar-refractivity contribution in [2.24, 2.45) is 18.4 Å². The summed E-state index contributed by atoms with van der Waals surface area (Å²) in [6.07, 6.45) is 8.91. The van der Waals surface area contributed by atoms with Crippen LogP contribution in [-0.4, -0.2) is 51.0 Å². The molecule has 1 saturated carbocycles. The van der Waals surface area contributed by atoms with Crippen LogP contribution in [0.3, 0.4) is 0 Å². The molecule has 1 N–H and O–H groups in total. The minimum atomic E-state index is 0.193. The molecule has 0 radical (unpaired) electrons. The lowest BCUT2D eigenvalue weighted by Crippen LogP contribution is -2.42. The number of amides is 1. The highest BCUT2D eigenvalue weighted by Gasteiger charge is 2.58. The number of imidazole rings is 1. The minimum Gasteiger partial charge on any atom is -0.355 e. The highest BCUT2D eigenvalue weighted by Crippen LogP contribution is 2.59. The summed E-state index contributed by atoms with van der Waals surface area (Å²) < 4.78 is 2.13. The van der Waals surface area contributed by atoms with Gasteiger partial charge in [-0.2, -0.15) is 0 Å². The van der Waals surface area contributed by atoms with Crippen molar-refractivity contribution >= 4 is 16.9 Å². The molecule has 3 aromatic rings. The van der Waals surface area contributed by atoms with Gasteiger partial charge in [-0.1, -0.05) is 18.2 Å². The number of pyridine rings is 1. The number of aromatic nitrogens is 3. The van der Waals surface area contributed by atoms with Crippen LogP contribution in [0.2, 0.25) is 0 Å². The van der Waals surface area contributed by atoms with Gasteiger partial charge in [0, 0.05) is 44.4 Å². The number of nitrogens with zero attached hydrogens (tertiary/aromatic N) is 4. The van der Waals surface area contributed by atoms with E-state index in [-0.39, 0.29) is 17.2 Å². The molecule has 0 unspecified atom stereocenters. The zero-order chi connectivity index (χ0) is 22.1. The number of nitrogens with one attached hydrogen (secondary N) is 1. The summed E-state index contributed by atoms with van der Waals surface area (Å²) in [4.78, 5) is 24.4. The summed E-state index contributed by atoms with van der Waals surface area (Å²) in [5.74, 6) is 1.45. The van der Waals surface area contributed by atoms with E-state index < -0.39 is 0 Å². The first-order valence-corrected chi connectivity index (χ1v) is 11.9. The number of para-hydroxylation sites is 2. The normalized spacial score (nSPS) is 21.0. The summed E-state index contributed by atoms with van der Waals surface area (Å²) in [6, 6.07) is 12.8. The molecule has 5 rings (SSSR count). The van der Waals surface area contributed by atoms with Crippen LogP contribution in [0.15, 0.2) is 48.8 Å². The number of carbonyl (C=O) groups is 1. The van der Waals surface area contributed by atoms with Gasteiger partial charge >= 0.3 is 0 Å². The Morgan fingerprint density at radius 1 is 1.22 bits per heavy atom. The molecule has 0 bridgehead atoms. The minimum absolute atomic E-state index is 0.193. The largest absolute Gasteiger partial charge is 0.355 e. The highest BCUT2D eigenvalue weighted by molar-refractivity contribution is 5.82. The van der Waals surface area contributed by atoms with Crippen LogP contribution in [0, 0.1) is 11.3 Å². The maximum Gasteiger partial charge on any atom is 0.223 e. The Morgan fingerprint density at radius 3 is 2.78 bits per heavy atom. The number of carbonyl (C=O) groups excluding carboxylic acids is 1.